The van der Waals surface area contributed by atoms with E-state index in [-0.39, 0.29) is 0 Å². The van der Waals surface area contributed by atoms with Gasteiger partial charge in [0.15, 0.2) is 0 Å². The van der Waals surface area contributed by atoms with E-state index in [4.69, 9.17) is 0 Å². The topological polar surface area (TPSA) is 36.9 Å². The number of hydrogen-bond acceptors (Lipinski definition) is 1. The Hall–Kier alpha value is -0.570. The summed E-state index contributed by atoms with van der Waals surface area (Å²) in [5, 5.41) is 2.34. The second-order valence-electron chi connectivity index (χ2n) is 8.32. The van der Waals surface area contributed by atoms with E-state index in [2.05, 4.69) is 31.0 Å². The van der Waals surface area contributed by atoms with Crippen molar-refractivity contribution in [2.75, 3.05) is 19.6 Å². The van der Waals surface area contributed by atoms with Crippen LogP contribution in [0.3, 0.4) is 0 Å². The minimum atomic E-state index is 0.316. The van der Waals surface area contributed by atoms with Gasteiger partial charge in [0.05, 0.1) is 13.1 Å². The summed E-state index contributed by atoms with van der Waals surface area (Å²) in [5.41, 5.74) is 0.788. The van der Waals surface area contributed by atoms with Gasteiger partial charge in [-0.15, -0.1) is 0 Å². The Kier molecular flexibility index (Phi) is 3.16. The van der Waals surface area contributed by atoms with Gasteiger partial charge >= 0.3 is 0 Å². The van der Waals surface area contributed by atoms with Crippen molar-refractivity contribution in [3.05, 3.63) is 0 Å². The smallest absolute Gasteiger partial charge is 0.226 e. The van der Waals surface area contributed by atoms with Gasteiger partial charge < -0.3 is 10.2 Å². The Bertz CT molecular complexity index is 373. The Morgan fingerprint density at radius 1 is 1.16 bits per heavy atom. The normalized spacial score (nSPS) is 38.5. The average molecular weight is 265 g/mol. The van der Waals surface area contributed by atoms with Crippen LogP contribution in [0.15, 0.2) is 0 Å². The zero-order valence-corrected chi connectivity index (χ0v) is 12.7. The third-order valence-electron chi connectivity index (χ3n) is 5.49. The monoisotopic (exact) mass is 265 g/mol. The maximum absolute atomic E-state index is 12.8. The van der Waals surface area contributed by atoms with E-state index in [9.17, 15) is 4.79 Å². The maximum Gasteiger partial charge on any atom is 0.226 e. The molecule has 3 heteroatoms. The molecular weight excluding hydrogens is 236 g/mol. The molecule has 3 nitrogen and oxygen atoms in total. The van der Waals surface area contributed by atoms with Gasteiger partial charge in [0.2, 0.25) is 5.91 Å². The molecule has 3 fully saturated rings. The minimum Gasteiger partial charge on any atom is -0.346 e. The van der Waals surface area contributed by atoms with E-state index in [1.54, 1.807) is 0 Å². The molecule has 0 spiro atoms. The lowest BCUT2D eigenvalue weighted by molar-refractivity contribution is -0.664. The molecule has 0 aromatic heterocycles. The predicted octanol–water partition coefficient (Wildman–Crippen LogP) is 1.39. The molecule has 2 aliphatic heterocycles. The Morgan fingerprint density at radius 2 is 1.84 bits per heavy atom. The molecule has 0 aromatic carbocycles. The molecule has 0 unspecified atom stereocenters. The fraction of sp³-hybridized carbons (Fsp3) is 0.938. The Morgan fingerprint density at radius 3 is 2.53 bits per heavy atom. The van der Waals surface area contributed by atoms with E-state index >= 15 is 0 Å². The first-order valence-electron chi connectivity index (χ1n) is 8.01. The number of carbonyl (C=O) groups is 1. The highest BCUT2D eigenvalue weighted by molar-refractivity contribution is 5.79. The molecule has 1 aliphatic carbocycles. The number of likely N-dealkylation sites (tertiary alicyclic amines) is 1. The molecule has 3 rings (SSSR count). The van der Waals surface area contributed by atoms with Gasteiger partial charge in [0.1, 0.15) is 0 Å². The first kappa shape index (κ1) is 13.4. The molecule has 0 radical (unpaired) electrons. The molecule has 2 bridgehead atoms. The highest BCUT2D eigenvalue weighted by Crippen LogP contribution is 2.52. The Balaban J connectivity index is 1.74. The predicted molar refractivity (Wildman–Crippen MR) is 75.6 cm³/mol. The Labute approximate surface area is 117 Å². The zero-order chi connectivity index (χ0) is 13.7. The highest BCUT2D eigenvalue weighted by Gasteiger charge is 2.51. The lowest BCUT2D eigenvalue weighted by atomic mass is 9.65. The van der Waals surface area contributed by atoms with Crippen molar-refractivity contribution >= 4 is 5.91 Å². The molecule has 2 heterocycles. The van der Waals surface area contributed by atoms with Crippen LogP contribution in [-0.4, -0.2) is 36.5 Å². The fourth-order valence-electron chi connectivity index (χ4n) is 5.13. The summed E-state index contributed by atoms with van der Waals surface area (Å²) in [6.07, 6.45) is 5.89. The summed E-state index contributed by atoms with van der Waals surface area (Å²) in [6, 6.07) is 0.521. The van der Waals surface area contributed by atoms with Crippen molar-refractivity contribution < 1.29 is 10.1 Å². The lowest BCUT2D eigenvalue weighted by Crippen LogP contribution is -2.86. The van der Waals surface area contributed by atoms with Gasteiger partial charge in [0, 0.05) is 31.3 Å². The van der Waals surface area contributed by atoms with Gasteiger partial charge in [-0.2, -0.15) is 0 Å². The number of rotatable bonds is 1. The van der Waals surface area contributed by atoms with Crippen LogP contribution in [0.25, 0.3) is 0 Å². The van der Waals surface area contributed by atoms with Crippen molar-refractivity contribution in [2.45, 2.75) is 58.9 Å². The molecule has 2 saturated heterocycles. The molecule has 1 amide bonds. The van der Waals surface area contributed by atoms with Crippen LogP contribution in [-0.2, 0) is 4.79 Å². The van der Waals surface area contributed by atoms with Crippen molar-refractivity contribution in [1.29, 1.82) is 0 Å². The number of amides is 1. The van der Waals surface area contributed by atoms with Gasteiger partial charge in [0.25, 0.3) is 0 Å². The molecule has 108 valence electrons. The van der Waals surface area contributed by atoms with E-state index in [0.717, 1.165) is 32.5 Å². The molecule has 2 atom stereocenters. The quantitative estimate of drug-likeness (QED) is 0.764. The number of nitrogens with zero attached hydrogens (tertiary/aromatic N) is 1. The fourth-order valence-corrected chi connectivity index (χ4v) is 5.13. The average Bonchev–Trinajstić information content (AvgIpc) is 2.59. The first-order chi connectivity index (χ1) is 8.89. The number of hydrogen-bond donors (Lipinski definition) is 1. The molecule has 1 saturated carbocycles. The summed E-state index contributed by atoms with van der Waals surface area (Å²) < 4.78 is 0. The van der Waals surface area contributed by atoms with Gasteiger partial charge in [-0.1, -0.05) is 20.8 Å². The van der Waals surface area contributed by atoms with Crippen LogP contribution in [0.4, 0.5) is 0 Å². The summed E-state index contributed by atoms with van der Waals surface area (Å²) in [6.45, 7) is 10.4. The van der Waals surface area contributed by atoms with E-state index in [0.29, 0.717) is 28.7 Å². The molecule has 19 heavy (non-hydrogen) atoms. The number of nitrogens with two attached hydrogens (primary N) is 1. The summed E-state index contributed by atoms with van der Waals surface area (Å²) in [4.78, 5) is 15.1. The summed E-state index contributed by atoms with van der Waals surface area (Å²) in [5.74, 6) is 0.788. The SMILES string of the molecule is CC1(C)C[C@@H]2C[C@](C)(CN2C(=O)C2CC[NH2+]CC2)C1. The second-order valence-corrected chi connectivity index (χ2v) is 8.32. The van der Waals surface area contributed by atoms with Crippen LogP contribution in [0.1, 0.15) is 52.9 Å². The number of piperidine rings is 1. The van der Waals surface area contributed by atoms with E-state index < -0.39 is 0 Å². The van der Waals surface area contributed by atoms with Gasteiger partial charge in [-0.05, 0) is 30.1 Å². The molecular formula is C16H29N2O+. The van der Waals surface area contributed by atoms with Crippen LogP contribution in [0.2, 0.25) is 0 Å². The van der Waals surface area contributed by atoms with E-state index in [1.165, 1.54) is 19.3 Å². The minimum absolute atomic E-state index is 0.316. The number of carbonyl (C=O) groups excluding carboxylic acids is 1. The van der Waals surface area contributed by atoms with Crippen LogP contribution >= 0.6 is 0 Å². The van der Waals surface area contributed by atoms with Gasteiger partial charge in [-0.25, -0.2) is 0 Å². The van der Waals surface area contributed by atoms with E-state index in [1.807, 2.05) is 0 Å². The molecule has 0 aromatic rings. The van der Waals surface area contributed by atoms with Crippen molar-refractivity contribution in [3.8, 4) is 0 Å². The maximum atomic E-state index is 12.8. The lowest BCUT2D eigenvalue weighted by Gasteiger charge is -2.39. The van der Waals surface area contributed by atoms with Crippen LogP contribution in [0.5, 0.6) is 0 Å². The van der Waals surface area contributed by atoms with Crippen molar-refractivity contribution in [1.82, 2.24) is 4.90 Å². The first-order valence-corrected chi connectivity index (χ1v) is 8.01. The highest BCUT2D eigenvalue weighted by atomic mass is 16.2. The summed E-state index contributed by atoms with van der Waals surface area (Å²) >= 11 is 0. The van der Waals surface area contributed by atoms with Crippen molar-refractivity contribution in [3.63, 3.8) is 0 Å². The van der Waals surface area contributed by atoms with Gasteiger partial charge in [-0.3, -0.25) is 4.79 Å². The second kappa shape index (κ2) is 4.47. The van der Waals surface area contributed by atoms with Crippen LogP contribution in [0, 0.1) is 16.7 Å². The largest absolute Gasteiger partial charge is 0.346 e. The summed E-state index contributed by atoms with van der Waals surface area (Å²) in [7, 11) is 0. The standard InChI is InChI=1S/C16H28N2O/c1-15(2)8-13-9-16(3,10-15)11-18(13)14(19)12-4-6-17-7-5-12/h12-13,17H,4-11H2,1-3H3/p+1/t13-,16+/m1/s1. The van der Waals surface area contributed by atoms with Crippen molar-refractivity contribution in [2.24, 2.45) is 16.7 Å². The third-order valence-corrected chi connectivity index (χ3v) is 5.49. The number of fused-ring (bicyclic) bond motifs is 2. The van der Waals surface area contributed by atoms with Crippen LogP contribution < -0.4 is 5.32 Å². The third kappa shape index (κ3) is 2.54. The molecule has 2 N–H and O–H groups in total. The number of quaternary nitrogens is 1. The molecule has 3 aliphatic rings. The zero-order valence-electron chi connectivity index (χ0n) is 12.7.